The van der Waals surface area contributed by atoms with Crippen molar-refractivity contribution < 1.29 is 61.5 Å². The molecule has 0 heterocycles. The van der Waals surface area contributed by atoms with Gasteiger partial charge >= 0.3 is 24.0 Å². The lowest BCUT2D eigenvalue weighted by Gasteiger charge is -2.22. The second-order valence-electron chi connectivity index (χ2n) is 30.6. The van der Waals surface area contributed by atoms with Gasteiger partial charge in [0, 0.05) is 37.4 Å². The van der Waals surface area contributed by atoms with Crippen molar-refractivity contribution in [3.8, 4) is 5.75 Å². The van der Waals surface area contributed by atoms with Gasteiger partial charge in [0.15, 0.2) is 0 Å². The molecule has 4 N–H and O–H groups in total. The minimum Gasteiger partial charge on any atom is -0.495 e. The summed E-state index contributed by atoms with van der Waals surface area (Å²) in [5.41, 5.74) is 13.6. The molecule has 0 fully saturated rings. The first-order chi connectivity index (χ1) is 48.1. The molecule has 0 bridgehead atoms. The molecular formula is C83H113FN4O12S3. The zero-order valence-corrected chi connectivity index (χ0v) is 67.1. The first kappa shape index (κ1) is 87.2. The standard InChI is InChI=1S/C31H44N2O6S.C26H34FNO3S.C26H35NO3S/c1-20-10-11-22(14-21(20)2)15-24(19-37-27(34)30(3,4)5)17-32-29(40)38-18-23-12-13-25(26(16-23)36-9)33-28(35)39-31(6,7)8;1-17-7-9-20(11-19(17)3)12-22(16-30-24(29)26(4,5)6)14-28-25(32)31-15-21-10-8-18(2)23(27)13-21;1-18-7-10-21(11-8-18)16-30-25(31)27-15-23(17-29-24(28)26(4,5)6)14-22-12-9-19(2)20(3)13-22/h10-14,16,24H,15,17-19H2,1-9H3,(H,32,40)(H,33,35);7-11,13,22H,12,14-16H2,1-6H3,(H,28,32);7-13,23H,14-17H2,1-6H3,(H,27,31). The number of hydrogen-bond donors (Lipinski definition) is 4. The van der Waals surface area contributed by atoms with Crippen molar-refractivity contribution in [3.63, 3.8) is 0 Å². The molecule has 0 aromatic heterocycles. The van der Waals surface area contributed by atoms with Crippen LogP contribution < -0.4 is 26.0 Å². The van der Waals surface area contributed by atoms with Crippen LogP contribution in [0.3, 0.4) is 0 Å². The minimum atomic E-state index is -0.611. The van der Waals surface area contributed by atoms with Gasteiger partial charge in [-0.15, -0.1) is 0 Å². The summed E-state index contributed by atoms with van der Waals surface area (Å²) in [5, 5.41) is 13.0. The Morgan fingerprint density at radius 3 is 1.05 bits per heavy atom. The third-order valence-corrected chi connectivity index (χ3v) is 17.2. The number of hydrogen-bond acceptors (Lipinski definition) is 15. The number of rotatable bonds is 26. The van der Waals surface area contributed by atoms with Crippen molar-refractivity contribution in [2.45, 2.75) is 183 Å². The van der Waals surface area contributed by atoms with Gasteiger partial charge in [-0.1, -0.05) is 103 Å². The van der Waals surface area contributed by atoms with Gasteiger partial charge in [0.25, 0.3) is 15.5 Å². The quantitative estimate of drug-likeness (QED) is 0.0228. The summed E-state index contributed by atoms with van der Waals surface area (Å²) < 4.78 is 58.3. The molecule has 6 rings (SSSR count). The van der Waals surface area contributed by atoms with Crippen LogP contribution in [0.2, 0.25) is 0 Å². The van der Waals surface area contributed by atoms with E-state index in [0.29, 0.717) is 60.6 Å². The van der Waals surface area contributed by atoms with Crippen LogP contribution in [-0.4, -0.2) is 91.7 Å². The van der Waals surface area contributed by atoms with E-state index in [0.717, 1.165) is 30.4 Å². The zero-order chi connectivity index (χ0) is 77.0. The van der Waals surface area contributed by atoms with Gasteiger partial charge < -0.3 is 53.8 Å². The number of benzene rings is 6. The molecule has 0 aliphatic carbocycles. The van der Waals surface area contributed by atoms with Crippen molar-refractivity contribution in [1.82, 2.24) is 16.0 Å². The van der Waals surface area contributed by atoms with Gasteiger partial charge in [-0.2, -0.15) is 0 Å². The highest BCUT2D eigenvalue weighted by molar-refractivity contribution is 7.80. The maximum atomic E-state index is 13.7. The fourth-order valence-electron chi connectivity index (χ4n) is 9.63. The number of halogens is 1. The Balaban J connectivity index is 0.000000331. The average molecular weight is 1470 g/mol. The topological polar surface area (TPSA) is 190 Å². The van der Waals surface area contributed by atoms with Crippen LogP contribution in [0.4, 0.5) is 14.9 Å². The lowest BCUT2D eigenvalue weighted by atomic mass is 9.96. The Hall–Kier alpha value is -8.20. The van der Waals surface area contributed by atoms with Crippen LogP contribution in [0.1, 0.15) is 161 Å². The molecule has 0 aliphatic rings. The molecule has 1 amide bonds. The predicted octanol–water partition coefficient (Wildman–Crippen LogP) is 17.5. The Labute approximate surface area is 629 Å². The average Bonchev–Trinajstić information content (AvgIpc) is 0.831. The Morgan fingerprint density at radius 1 is 0.398 bits per heavy atom. The summed E-state index contributed by atoms with van der Waals surface area (Å²) in [7, 11) is 1.52. The highest BCUT2D eigenvalue weighted by Gasteiger charge is 2.28. The number of nitrogens with one attached hydrogen (secondary N) is 4. The van der Waals surface area contributed by atoms with Gasteiger partial charge in [0.2, 0.25) is 0 Å². The molecule has 6 aromatic rings. The molecule has 0 saturated heterocycles. The van der Waals surface area contributed by atoms with Crippen LogP contribution in [0.15, 0.2) is 115 Å². The van der Waals surface area contributed by atoms with Crippen LogP contribution in [-0.2, 0) is 86.6 Å². The van der Waals surface area contributed by atoms with E-state index < -0.39 is 27.9 Å². The third-order valence-electron chi connectivity index (χ3n) is 16.4. The molecule has 0 aliphatic heterocycles. The van der Waals surface area contributed by atoms with E-state index in [9.17, 15) is 23.6 Å². The third kappa shape index (κ3) is 33.9. The number of carbonyl (C=O) groups excluding carboxylic acids is 4. The van der Waals surface area contributed by atoms with E-state index >= 15 is 0 Å². The molecule has 3 atom stereocenters. The number of esters is 3. The number of anilines is 1. The molecule has 0 saturated carbocycles. The summed E-state index contributed by atoms with van der Waals surface area (Å²) >= 11 is 16.1. The number of ether oxygens (including phenoxy) is 8. The molecule has 103 heavy (non-hydrogen) atoms. The van der Waals surface area contributed by atoms with E-state index in [1.165, 1.54) is 68.8 Å². The number of methoxy groups -OCH3 is 1. The van der Waals surface area contributed by atoms with Crippen molar-refractivity contribution in [3.05, 3.63) is 199 Å². The van der Waals surface area contributed by atoms with Crippen molar-refractivity contribution >= 4 is 81.9 Å². The molecule has 0 radical (unpaired) electrons. The van der Waals surface area contributed by atoms with Gasteiger partial charge in [-0.25, -0.2) is 9.18 Å². The number of thiocarbonyl (C=S) groups is 3. The Kier molecular flexibility index (Phi) is 35.0. The molecular weight excluding hydrogens is 1360 g/mol. The number of carbonyl (C=O) groups is 4. The molecule has 3 unspecified atom stereocenters. The van der Waals surface area contributed by atoms with Crippen molar-refractivity contribution in [2.75, 3.05) is 51.9 Å². The van der Waals surface area contributed by atoms with Gasteiger partial charge in [-0.05, 0) is 285 Å². The highest BCUT2D eigenvalue weighted by atomic mass is 32.1. The molecule has 562 valence electrons. The van der Waals surface area contributed by atoms with E-state index in [-0.39, 0.29) is 78.3 Å². The van der Waals surface area contributed by atoms with E-state index in [1.54, 1.807) is 45.9 Å². The smallest absolute Gasteiger partial charge is 0.412 e. The van der Waals surface area contributed by atoms with Crippen LogP contribution in [0.25, 0.3) is 0 Å². The molecule has 6 aromatic carbocycles. The van der Waals surface area contributed by atoms with Crippen LogP contribution in [0, 0.1) is 95.2 Å². The number of amides is 1. The Bertz CT molecular complexity index is 3790. The van der Waals surface area contributed by atoms with E-state index in [1.807, 2.05) is 86.6 Å². The lowest BCUT2D eigenvalue weighted by molar-refractivity contribution is -0.155. The SMILES string of the molecule is COc1cc(COC(=S)NCC(COC(=O)C(C)(C)C)Cc2ccc(C)c(C)c2)ccc1NC(=O)OC(C)(C)C.Cc1ccc(CC(CNC(=S)OCc2ccc(C)c(F)c2)COC(=O)C(C)(C)C)cc1C.Cc1ccc(COC(=S)NCC(COC(=O)C(C)(C)C)Cc2ccc(C)c(C)c2)cc1. The molecule has 0 spiro atoms. The summed E-state index contributed by atoms with van der Waals surface area (Å²) in [6, 6.07) is 37.6. The summed E-state index contributed by atoms with van der Waals surface area (Å²) in [6.45, 7) is 41.5. The lowest BCUT2D eigenvalue weighted by Crippen LogP contribution is -2.34. The van der Waals surface area contributed by atoms with Crippen molar-refractivity contribution in [1.29, 1.82) is 0 Å². The molecule has 16 nitrogen and oxygen atoms in total. The van der Waals surface area contributed by atoms with Crippen molar-refractivity contribution in [2.24, 2.45) is 34.0 Å². The Morgan fingerprint density at radius 2 is 0.718 bits per heavy atom. The fourth-order valence-corrected chi connectivity index (χ4v) is 10.1. The summed E-state index contributed by atoms with van der Waals surface area (Å²) in [5.74, 6) is -0.378. The first-order valence-electron chi connectivity index (χ1n) is 35.0. The van der Waals surface area contributed by atoms with Gasteiger partial charge in [0.05, 0.1) is 48.9 Å². The maximum absolute atomic E-state index is 13.7. The van der Waals surface area contributed by atoms with Gasteiger partial charge in [-0.3, -0.25) is 19.7 Å². The minimum absolute atomic E-state index is 0.00624. The summed E-state index contributed by atoms with van der Waals surface area (Å²) in [6.07, 6.45) is 1.67. The first-order valence-corrected chi connectivity index (χ1v) is 36.2. The number of aryl methyl sites for hydroxylation is 8. The monoisotopic (exact) mass is 1470 g/mol. The predicted molar refractivity (Wildman–Crippen MR) is 422 cm³/mol. The van der Waals surface area contributed by atoms with Crippen LogP contribution >= 0.6 is 36.7 Å². The second kappa shape index (κ2) is 41.3. The van der Waals surface area contributed by atoms with E-state index in [4.69, 9.17) is 74.5 Å². The maximum Gasteiger partial charge on any atom is 0.412 e. The van der Waals surface area contributed by atoms with Gasteiger partial charge in [0.1, 0.15) is 37.0 Å². The zero-order valence-electron chi connectivity index (χ0n) is 64.7. The van der Waals surface area contributed by atoms with Crippen LogP contribution in [0.5, 0.6) is 5.75 Å². The highest BCUT2D eigenvalue weighted by Crippen LogP contribution is 2.28. The second-order valence-corrected chi connectivity index (χ2v) is 31.7. The largest absolute Gasteiger partial charge is 0.495 e. The molecule has 20 heteroatoms. The van der Waals surface area contributed by atoms with E-state index in [2.05, 4.69) is 136 Å². The summed E-state index contributed by atoms with van der Waals surface area (Å²) in [4.78, 5) is 49.0. The fraction of sp³-hybridized carbons (Fsp3) is 0.482. The normalized spacial score (nSPS) is 12.2.